The van der Waals surface area contributed by atoms with E-state index in [9.17, 15) is 19.7 Å². The molecule has 0 unspecified atom stereocenters. The van der Waals surface area contributed by atoms with Gasteiger partial charge < -0.3 is 14.8 Å². The summed E-state index contributed by atoms with van der Waals surface area (Å²) in [6, 6.07) is 9.83. The van der Waals surface area contributed by atoms with Gasteiger partial charge in [-0.25, -0.2) is 4.79 Å². The molecule has 1 N–H and O–H groups in total. The standard InChI is InChI=1S/C20H21ClN2O6/c1-12(2)13(3)22-19(24)11-28-20(25)14-4-7-16(8-5-14)29-18-9-6-15(21)10-17(18)23(26)27/h4-10,12-13H,11H2,1-3H3,(H,22,24)/t13-/m1/s1. The van der Waals surface area contributed by atoms with Gasteiger partial charge in [-0.15, -0.1) is 0 Å². The van der Waals surface area contributed by atoms with E-state index in [1.807, 2.05) is 20.8 Å². The summed E-state index contributed by atoms with van der Waals surface area (Å²) in [7, 11) is 0. The van der Waals surface area contributed by atoms with E-state index in [4.69, 9.17) is 21.1 Å². The van der Waals surface area contributed by atoms with E-state index in [0.29, 0.717) is 0 Å². The molecule has 0 fully saturated rings. The molecule has 8 nitrogen and oxygen atoms in total. The van der Waals surface area contributed by atoms with Crippen molar-refractivity contribution >= 4 is 29.2 Å². The first-order chi connectivity index (χ1) is 13.7. The van der Waals surface area contributed by atoms with Gasteiger partial charge in [-0.1, -0.05) is 25.4 Å². The summed E-state index contributed by atoms with van der Waals surface area (Å²) < 4.78 is 10.5. The van der Waals surface area contributed by atoms with Crippen LogP contribution >= 0.6 is 11.6 Å². The lowest BCUT2D eigenvalue weighted by atomic mass is 10.1. The molecule has 2 aromatic carbocycles. The number of carbonyl (C=O) groups is 2. The van der Waals surface area contributed by atoms with Crippen molar-refractivity contribution in [3.8, 4) is 11.5 Å². The molecule has 2 aromatic rings. The summed E-state index contributed by atoms with van der Waals surface area (Å²) in [6.45, 7) is 5.43. The molecule has 1 atom stereocenters. The van der Waals surface area contributed by atoms with E-state index >= 15 is 0 Å². The fourth-order valence-electron chi connectivity index (χ4n) is 2.18. The normalized spacial score (nSPS) is 11.6. The molecule has 0 radical (unpaired) electrons. The number of nitro benzene ring substituents is 1. The summed E-state index contributed by atoms with van der Waals surface area (Å²) in [5.74, 6) is -0.476. The Labute approximate surface area is 172 Å². The maximum atomic E-state index is 12.1. The summed E-state index contributed by atoms with van der Waals surface area (Å²) in [5, 5.41) is 14.1. The highest BCUT2D eigenvalue weighted by Crippen LogP contribution is 2.33. The first-order valence-electron chi connectivity index (χ1n) is 8.85. The minimum absolute atomic E-state index is 0.0191. The third-order valence-corrected chi connectivity index (χ3v) is 4.39. The zero-order valence-corrected chi connectivity index (χ0v) is 16.9. The molecule has 0 aliphatic rings. The predicted octanol–water partition coefficient (Wildman–Crippen LogP) is 4.36. The molecule has 9 heteroatoms. The topological polar surface area (TPSA) is 108 Å². The first-order valence-corrected chi connectivity index (χ1v) is 9.23. The van der Waals surface area contributed by atoms with E-state index in [1.165, 1.54) is 42.5 Å². The highest BCUT2D eigenvalue weighted by molar-refractivity contribution is 6.30. The fraction of sp³-hybridized carbons (Fsp3) is 0.300. The minimum Gasteiger partial charge on any atom is -0.452 e. The third kappa shape index (κ3) is 6.46. The van der Waals surface area contributed by atoms with Crippen molar-refractivity contribution in [2.75, 3.05) is 6.61 Å². The number of esters is 1. The lowest BCUT2D eigenvalue weighted by Gasteiger charge is -2.17. The zero-order valence-electron chi connectivity index (χ0n) is 16.2. The van der Waals surface area contributed by atoms with Gasteiger partial charge in [-0.3, -0.25) is 14.9 Å². The Morgan fingerprint density at radius 3 is 2.38 bits per heavy atom. The second kappa shape index (κ2) is 9.88. The largest absolute Gasteiger partial charge is 0.452 e. The SMILES string of the molecule is CC(C)[C@@H](C)NC(=O)COC(=O)c1ccc(Oc2ccc(Cl)cc2[N+](=O)[O-])cc1. The number of rotatable bonds is 8. The van der Waals surface area contributed by atoms with Gasteiger partial charge in [-0.2, -0.15) is 0 Å². The van der Waals surface area contributed by atoms with Crippen LogP contribution in [0.3, 0.4) is 0 Å². The van der Waals surface area contributed by atoms with Crippen LogP contribution in [-0.4, -0.2) is 29.4 Å². The second-order valence-electron chi connectivity index (χ2n) is 6.67. The average Bonchev–Trinajstić information content (AvgIpc) is 2.67. The lowest BCUT2D eigenvalue weighted by molar-refractivity contribution is -0.385. The number of ether oxygens (including phenoxy) is 2. The Balaban J connectivity index is 1.97. The lowest BCUT2D eigenvalue weighted by Crippen LogP contribution is -2.38. The Morgan fingerprint density at radius 2 is 1.79 bits per heavy atom. The summed E-state index contributed by atoms with van der Waals surface area (Å²) in [4.78, 5) is 34.4. The van der Waals surface area contributed by atoms with E-state index in [-0.39, 0.29) is 52.2 Å². The molecule has 0 aliphatic heterocycles. The third-order valence-electron chi connectivity index (χ3n) is 4.16. The van der Waals surface area contributed by atoms with Gasteiger partial charge in [0.15, 0.2) is 6.61 Å². The van der Waals surface area contributed by atoms with E-state index in [0.717, 1.165) is 0 Å². The average molecular weight is 421 g/mol. The van der Waals surface area contributed by atoms with Crippen molar-refractivity contribution in [3.63, 3.8) is 0 Å². The molecular formula is C20H21ClN2O6. The van der Waals surface area contributed by atoms with Gasteiger partial charge in [0, 0.05) is 17.1 Å². The summed E-state index contributed by atoms with van der Waals surface area (Å²) >= 11 is 5.77. The van der Waals surface area contributed by atoms with Crippen LogP contribution in [0.1, 0.15) is 31.1 Å². The number of nitrogens with one attached hydrogen (secondary N) is 1. The Morgan fingerprint density at radius 1 is 1.14 bits per heavy atom. The molecular weight excluding hydrogens is 400 g/mol. The number of amides is 1. The number of benzene rings is 2. The number of nitrogens with zero attached hydrogens (tertiary/aromatic N) is 1. The Kier molecular flexibility index (Phi) is 7.55. The zero-order chi connectivity index (χ0) is 21.6. The molecule has 2 rings (SSSR count). The highest BCUT2D eigenvalue weighted by atomic mass is 35.5. The Hall–Kier alpha value is -3.13. The summed E-state index contributed by atoms with van der Waals surface area (Å²) in [6.07, 6.45) is 0. The number of nitro groups is 1. The van der Waals surface area contributed by atoms with E-state index < -0.39 is 10.9 Å². The summed E-state index contributed by atoms with van der Waals surface area (Å²) in [5.41, 5.74) is -0.0599. The molecule has 154 valence electrons. The van der Waals surface area contributed by atoms with Crippen molar-refractivity contribution in [1.29, 1.82) is 0 Å². The van der Waals surface area contributed by atoms with Crippen LogP contribution in [0.2, 0.25) is 5.02 Å². The van der Waals surface area contributed by atoms with Gasteiger partial charge in [0.1, 0.15) is 5.75 Å². The first kappa shape index (κ1) is 22.2. The van der Waals surface area contributed by atoms with Gasteiger partial charge in [0.05, 0.1) is 10.5 Å². The van der Waals surface area contributed by atoms with Crippen LogP contribution in [0.25, 0.3) is 0 Å². The van der Waals surface area contributed by atoms with Crippen LogP contribution in [0.5, 0.6) is 11.5 Å². The van der Waals surface area contributed by atoms with Crippen LogP contribution in [0.15, 0.2) is 42.5 Å². The van der Waals surface area contributed by atoms with Gasteiger partial charge in [0.25, 0.3) is 5.91 Å². The van der Waals surface area contributed by atoms with Crippen LogP contribution in [-0.2, 0) is 9.53 Å². The number of carbonyl (C=O) groups excluding carboxylic acids is 2. The number of halogens is 1. The molecule has 0 bridgehead atoms. The van der Waals surface area contributed by atoms with Crippen LogP contribution in [0.4, 0.5) is 5.69 Å². The highest BCUT2D eigenvalue weighted by Gasteiger charge is 2.17. The number of hydrogen-bond donors (Lipinski definition) is 1. The van der Waals surface area contributed by atoms with Crippen molar-refractivity contribution < 1.29 is 24.0 Å². The molecule has 0 aromatic heterocycles. The molecule has 0 heterocycles. The fourth-order valence-corrected chi connectivity index (χ4v) is 2.35. The van der Waals surface area contributed by atoms with Crippen LogP contribution in [0, 0.1) is 16.0 Å². The predicted molar refractivity (Wildman–Crippen MR) is 107 cm³/mol. The van der Waals surface area contributed by atoms with Crippen molar-refractivity contribution in [2.24, 2.45) is 5.92 Å². The molecule has 0 saturated heterocycles. The second-order valence-corrected chi connectivity index (χ2v) is 7.11. The Bertz CT molecular complexity index is 898. The van der Waals surface area contributed by atoms with E-state index in [1.54, 1.807) is 0 Å². The number of hydrogen-bond acceptors (Lipinski definition) is 6. The minimum atomic E-state index is -0.665. The molecule has 29 heavy (non-hydrogen) atoms. The van der Waals surface area contributed by atoms with Crippen molar-refractivity contribution in [1.82, 2.24) is 5.32 Å². The van der Waals surface area contributed by atoms with Gasteiger partial charge in [-0.05, 0) is 49.2 Å². The quantitative estimate of drug-likeness (QED) is 0.386. The van der Waals surface area contributed by atoms with Gasteiger partial charge in [0.2, 0.25) is 5.75 Å². The maximum Gasteiger partial charge on any atom is 0.338 e. The van der Waals surface area contributed by atoms with Crippen molar-refractivity contribution in [2.45, 2.75) is 26.8 Å². The van der Waals surface area contributed by atoms with Crippen LogP contribution < -0.4 is 10.1 Å². The molecule has 0 saturated carbocycles. The molecule has 0 aliphatic carbocycles. The smallest absolute Gasteiger partial charge is 0.338 e. The molecule has 1 amide bonds. The van der Waals surface area contributed by atoms with E-state index in [2.05, 4.69) is 5.32 Å². The van der Waals surface area contributed by atoms with Crippen molar-refractivity contribution in [3.05, 3.63) is 63.2 Å². The van der Waals surface area contributed by atoms with Gasteiger partial charge >= 0.3 is 11.7 Å². The molecule has 0 spiro atoms. The monoisotopic (exact) mass is 420 g/mol. The maximum absolute atomic E-state index is 12.1.